The molecule has 0 amide bonds. The van der Waals surface area contributed by atoms with Gasteiger partial charge in [0.15, 0.2) is 0 Å². The lowest BCUT2D eigenvalue weighted by molar-refractivity contribution is -0.138. The number of hydrogen-bond acceptors (Lipinski definition) is 3. The number of para-hydroxylation sites is 1. The smallest absolute Gasteiger partial charge is 0.326 e. The minimum absolute atomic E-state index is 0.00312. The van der Waals surface area contributed by atoms with Gasteiger partial charge in [-0.1, -0.05) is 32.0 Å². The predicted octanol–water partition coefficient (Wildman–Crippen LogP) is 3.06. The third-order valence-electron chi connectivity index (χ3n) is 3.16. The monoisotopic (exact) mass is 258 g/mol. The number of anilines is 1. The highest BCUT2D eigenvalue weighted by Crippen LogP contribution is 2.22. The van der Waals surface area contributed by atoms with E-state index in [2.05, 4.69) is 10.3 Å². The van der Waals surface area contributed by atoms with Crippen LogP contribution in [0.3, 0.4) is 0 Å². The van der Waals surface area contributed by atoms with Crippen molar-refractivity contribution in [3.05, 3.63) is 36.0 Å². The number of benzene rings is 1. The second-order valence-electron chi connectivity index (χ2n) is 5.02. The van der Waals surface area contributed by atoms with E-state index < -0.39 is 12.0 Å². The predicted molar refractivity (Wildman–Crippen MR) is 76.4 cm³/mol. The van der Waals surface area contributed by atoms with E-state index in [0.717, 1.165) is 22.3 Å². The maximum atomic E-state index is 11.2. The van der Waals surface area contributed by atoms with Crippen molar-refractivity contribution in [2.45, 2.75) is 26.8 Å². The number of aryl methyl sites for hydroxylation is 1. The summed E-state index contributed by atoms with van der Waals surface area (Å²) in [6.45, 7) is 5.65. The Balaban J connectivity index is 2.39. The SMILES string of the molecule is Cc1nc2ccccc2cc1N[C@H](C(=O)O)C(C)C. The van der Waals surface area contributed by atoms with Gasteiger partial charge in [0.1, 0.15) is 6.04 Å². The van der Waals surface area contributed by atoms with E-state index in [0.29, 0.717) is 0 Å². The molecule has 1 heterocycles. The van der Waals surface area contributed by atoms with Crippen LogP contribution in [0.1, 0.15) is 19.5 Å². The zero-order valence-electron chi connectivity index (χ0n) is 11.3. The van der Waals surface area contributed by atoms with Gasteiger partial charge in [0.2, 0.25) is 0 Å². The molecule has 0 aliphatic heterocycles. The molecule has 1 atom stereocenters. The molecule has 100 valence electrons. The number of nitrogens with zero attached hydrogens (tertiary/aromatic N) is 1. The van der Waals surface area contributed by atoms with E-state index in [1.807, 2.05) is 51.1 Å². The molecule has 1 aromatic heterocycles. The topological polar surface area (TPSA) is 62.2 Å². The number of aromatic nitrogens is 1. The standard InChI is InChI=1S/C15H18N2O2/c1-9(2)14(15(18)19)17-13-8-11-6-4-5-7-12(11)16-10(13)3/h4-9,14,17H,1-3H3,(H,18,19)/t14-/m0/s1. The summed E-state index contributed by atoms with van der Waals surface area (Å²) in [5.41, 5.74) is 2.51. The first-order valence-electron chi connectivity index (χ1n) is 6.35. The molecule has 19 heavy (non-hydrogen) atoms. The second-order valence-corrected chi connectivity index (χ2v) is 5.02. The van der Waals surface area contributed by atoms with Crippen LogP contribution in [0.15, 0.2) is 30.3 Å². The van der Waals surface area contributed by atoms with Crippen molar-refractivity contribution < 1.29 is 9.90 Å². The van der Waals surface area contributed by atoms with E-state index in [9.17, 15) is 9.90 Å². The third-order valence-corrected chi connectivity index (χ3v) is 3.16. The van der Waals surface area contributed by atoms with Gasteiger partial charge in [0.05, 0.1) is 16.9 Å². The molecule has 0 unspecified atom stereocenters. The summed E-state index contributed by atoms with van der Waals surface area (Å²) in [4.78, 5) is 15.7. The van der Waals surface area contributed by atoms with Gasteiger partial charge in [0.25, 0.3) is 0 Å². The molecular formula is C15H18N2O2. The lowest BCUT2D eigenvalue weighted by Gasteiger charge is -2.20. The van der Waals surface area contributed by atoms with Crippen LogP contribution >= 0.6 is 0 Å². The molecule has 4 nitrogen and oxygen atoms in total. The average molecular weight is 258 g/mol. The first-order valence-corrected chi connectivity index (χ1v) is 6.35. The van der Waals surface area contributed by atoms with Crippen LogP contribution < -0.4 is 5.32 Å². The van der Waals surface area contributed by atoms with Gasteiger partial charge < -0.3 is 10.4 Å². The van der Waals surface area contributed by atoms with Gasteiger partial charge in [0, 0.05) is 5.39 Å². The summed E-state index contributed by atoms with van der Waals surface area (Å²) in [5, 5.41) is 13.3. The number of rotatable bonds is 4. The molecular weight excluding hydrogens is 240 g/mol. The van der Waals surface area contributed by atoms with Crippen molar-refractivity contribution in [2.75, 3.05) is 5.32 Å². The Morgan fingerprint density at radius 1 is 1.32 bits per heavy atom. The summed E-state index contributed by atoms with van der Waals surface area (Å²) in [7, 11) is 0. The first kappa shape index (κ1) is 13.3. The van der Waals surface area contributed by atoms with Crippen molar-refractivity contribution in [3.63, 3.8) is 0 Å². The average Bonchev–Trinajstić information content (AvgIpc) is 2.35. The third kappa shape index (κ3) is 2.84. The number of hydrogen-bond donors (Lipinski definition) is 2. The van der Waals surface area contributed by atoms with E-state index in [1.54, 1.807) is 0 Å². The molecule has 0 saturated carbocycles. The van der Waals surface area contributed by atoms with Crippen LogP contribution in [0.4, 0.5) is 5.69 Å². The fourth-order valence-corrected chi connectivity index (χ4v) is 2.04. The van der Waals surface area contributed by atoms with Crippen LogP contribution in [0.25, 0.3) is 10.9 Å². The van der Waals surface area contributed by atoms with Crippen molar-refractivity contribution in [3.8, 4) is 0 Å². The summed E-state index contributed by atoms with van der Waals surface area (Å²) < 4.78 is 0. The van der Waals surface area contributed by atoms with Crippen LogP contribution in [0.2, 0.25) is 0 Å². The molecule has 0 fully saturated rings. The largest absolute Gasteiger partial charge is 0.480 e. The molecule has 0 saturated heterocycles. The van der Waals surface area contributed by atoms with E-state index >= 15 is 0 Å². The van der Waals surface area contributed by atoms with Crippen molar-refractivity contribution >= 4 is 22.6 Å². The summed E-state index contributed by atoms with van der Waals surface area (Å²) in [5.74, 6) is -0.842. The normalized spacial score (nSPS) is 12.6. The molecule has 1 aromatic carbocycles. The van der Waals surface area contributed by atoms with Crippen LogP contribution in [0, 0.1) is 12.8 Å². The van der Waals surface area contributed by atoms with Crippen molar-refractivity contribution in [1.29, 1.82) is 0 Å². The van der Waals surface area contributed by atoms with E-state index in [1.165, 1.54) is 0 Å². The maximum absolute atomic E-state index is 11.2. The Hall–Kier alpha value is -2.10. The van der Waals surface area contributed by atoms with E-state index in [4.69, 9.17) is 0 Å². The molecule has 0 aliphatic carbocycles. The van der Waals surface area contributed by atoms with Gasteiger partial charge in [-0.25, -0.2) is 4.79 Å². The molecule has 2 rings (SSSR count). The fraction of sp³-hybridized carbons (Fsp3) is 0.333. The highest BCUT2D eigenvalue weighted by Gasteiger charge is 2.21. The Labute approximate surface area is 112 Å². The molecule has 2 aromatic rings. The summed E-state index contributed by atoms with van der Waals surface area (Å²) >= 11 is 0. The number of pyridine rings is 1. The minimum Gasteiger partial charge on any atom is -0.480 e. The highest BCUT2D eigenvalue weighted by molar-refractivity contribution is 5.84. The van der Waals surface area contributed by atoms with Crippen LogP contribution in [0.5, 0.6) is 0 Å². The van der Waals surface area contributed by atoms with E-state index in [-0.39, 0.29) is 5.92 Å². The molecule has 0 aliphatic rings. The first-order chi connectivity index (χ1) is 8.99. The zero-order chi connectivity index (χ0) is 14.0. The fourth-order valence-electron chi connectivity index (χ4n) is 2.04. The van der Waals surface area contributed by atoms with Gasteiger partial charge >= 0.3 is 5.97 Å². The maximum Gasteiger partial charge on any atom is 0.326 e. The Morgan fingerprint density at radius 3 is 2.63 bits per heavy atom. The number of carboxylic acids is 1. The molecule has 0 spiro atoms. The lowest BCUT2D eigenvalue weighted by atomic mass is 10.0. The summed E-state index contributed by atoms with van der Waals surface area (Å²) in [6.07, 6.45) is 0. The molecule has 4 heteroatoms. The van der Waals surface area contributed by atoms with Crippen LogP contribution in [-0.2, 0) is 4.79 Å². The van der Waals surface area contributed by atoms with Crippen molar-refractivity contribution in [2.24, 2.45) is 5.92 Å². The summed E-state index contributed by atoms with van der Waals surface area (Å²) in [6, 6.07) is 9.15. The van der Waals surface area contributed by atoms with Gasteiger partial charge in [-0.2, -0.15) is 0 Å². The lowest BCUT2D eigenvalue weighted by Crippen LogP contribution is -2.34. The Bertz CT molecular complexity index is 608. The van der Waals surface area contributed by atoms with Crippen molar-refractivity contribution in [1.82, 2.24) is 4.98 Å². The molecule has 2 N–H and O–H groups in total. The van der Waals surface area contributed by atoms with Gasteiger partial charge in [-0.3, -0.25) is 4.98 Å². The van der Waals surface area contributed by atoms with Gasteiger partial charge in [-0.15, -0.1) is 0 Å². The highest BCUT2D eigenvalue weighted by atomic mass is 16.4. The van der Waals surface area contributed by atoms with Crippen LogP contribution in [-0.4, -0.2) is 22.1 Å². The molecule has 0 bridgehead atoms. The zero-order valence-corrected chi connectivity index (χ0v) is 11.3. The minimum atomic E-state index is -0.845. The number of nitrogens with one attached hydrogen (secondary N) is 1. The molecule has 0 radical (unpaired) electrons. The van der Waals surface area contributed by atoms with Gasteiger partial charge in [-0.05, 0) is 25.0 Å². The quantitative estimate of drug-likeness (QED) is 0.884. The second kappa shape index (κ2) is 5.26. The number of aliphatic carboxylic acids is 1. The Kier molecular flexibility index (Phi) is 3.69. The number of carboxylic acid groups (broad SMARTS) is 1. The number of fused-ring (bicyclic) bond motifs is 1. The Morgan fingerprint density at radius 2 is 2.00 bits per heavy atom. The number of carbonyl (C=O) groups is 1.